The van der Waals surface area contributed by atoms with Crippen LogP contribution >= 0.6 is 0 Å². The largest absolute Gasteiger partial charge is 0.508 e. The molecular weight excluding hydrogens is 208 g/mol. The highest BCUT2D eigenvalue weighted by Crippen LogP contribution is 2.11. The Hall–Kier alpha value is -2.08. The van der Waals surface area contributed by atoms with Crippen molar-refractivity contribution in [3.8, 4) is 11.4 Å². The lowest BCUT2D eigenvalue weighted by molar-refractivity contribution is 0.475. The van der Waals surface area contributed by atoms with E-state index in [2.05, 4.69) is 10.1 Å². The van der Waals surface area contributed by atoms with Gasteiger partial charge in [-0.25, -0.2) is 4.79 Å². The van der Waals surface area contributed by atoms with E-state index in [-0.39, 0.29) is 11.4 Å². The van der Waals surface area contributed by atoms with Crippen molar-refractivity contribution in [1.29, 1.82) is 0 Å². The van der Waals surface area contributed by atoms with E-state index < -0.39 is 0 Å². The minimum Gasteiger partial charge on any atom is -0.508 e. The van der Waals surface area contributed by atoms with E-state index in [1.807, 2.05) is 0 Å². The van der Waals surface area contributed by atoms with Crippen molar-refractivity contribution in [3.63, 3.8) is 0 Å². The zero-order valence-corrected chi connectivity index (χ0v) is 8.55. The van der Waals surface area contributed by atoms with Gasteiger partial charge in [-0.1, -0.05) is 0 Å². The van der Waals surface area contributed by atoms with Gasteiger partial charge in [-0.2, -0.15) is 9.78 Å². The Balaban J connectivity index is 2.40. The molecule has 0 amide bonds. The molecule has 0 aliphatic carbocycles. The summed E-state index contributed by atoms with van der Waals surface area (Å²) in [6, 6.07) is 6.23. The smallest absolute Gasteiger partial charge is 0.348 e. The third-order valence-electron chi connectivity index (χ3n) is 2.14. The number of phenols is 1. The SMILES string of the molecule is NCCc1nn(-c2ccc(O)cc2)c(=O)[nH]1. The number of hydrogen-bond acceptors (Lipinski definition) is 4. The van der Waals surface area contributed by atoms with Crippen LogP contribution in [-0.2, 0) is 6.42 Å². The summed E-state index contributed by atoms with van der Waals surface area (Å²) in [6.07, 6.45) is 0.528. The molecule has 0 aliphatic heterocycles. The summed E-state index contributed by atoms with van der Waals surface area (Å²) in [5.74, 6) is 0.704. The Labute approximate surface area is 91.3 Å². The molecule has 6 nitrogen and oxygen atoms in total. The summed E-state index contributed by atoms with van der Waals surface area (Å²) in [5, 5.41) is 13.2. The number of aromatic hydroxyl groups is 1. The monoisotopic (exact) mass is 220 g/mol. The molecule has 1 heterocycles. The van der Waals surface area contributed by atoms with E-state index in [1.165, 1.54) is 16.8 Å². The molecule has 0 fully saturated rings. The molecule has 0 saturated carbocycles. The van der Waals surface area contributed by atoms with Gasteiger partial charge in [0.25, 0.3) is 0 Å². The molecule has 1 aromatic heterocycles. The lowest BCUT2D eigenvalue weighted by Gasteiger charge is -1.98. The van der Waals surface area contributed by atoms with Crippen LogP contribution in [0.25, 0.3) is 5.69 Å². The zero-order valence-electron chi connectivity index (χ0n) is 8.55. The van der Waals surface area contributed by atoms with Gasteiger partial charge in [0.15, 0.2) is 0 Å². The molecule has 6 heteroatoms. The van der Waals surface area contributed by atoms with E-state index in [4.69, 9.17) is 10.8 Å². The van der Waals surface area contributed by atoms with Gasteiger partial charge in [-0.15, -0.1) is 0 Å². The molecule has 0 spiro atoms. The molecule has 84 valence electrons. The summed E-state index contributed by atoms with van der Waals surface area (Å²) >= 11 is 0. The topological polar surface area (TPSA) is 96.9 Å². The fourth-order valence-corrected chi connectivity index (χ4v) is 1.39. The lowest BCUT2D eigenvalue weighted by atomic mass is 10.3. The number of H-pyrrole nitrogens is 1. The summed E-state index contributed by atoms with van der Waals surface area (Å²) in [6.45, 7) is 0.433. The molecule has 0 bridgehead atoms. The Morgan fingerprint density at radius 1 is 1.38 bits per heavy atom. The van der Waals surface area contributed by atoms with Crippen molar-refractivity contribution < 1.29 is 5.11 Å². The van der Waals surface area contributed by atoms with Crippen LogP contribution in [0.5, 0.6) is 5.75 Å². The van der Waals surface area contributed by atoms with Gasteiger partial charge in [0.1, 0.15) is 11.6 Å². The molecule has 0 atom stereocenters. The van der Waals surface area contributed by atoms with E-state index >= 15 is 0 Å². The normalized spacial score (nSPS) is 10.6. The lowest BCUT2D eigenvalue weighted by Crippen LogP contribution is -2.15. The van der Waals surface area contributed by atoms with Crippen molar-refractivity contribution in [2.75, 3.05) is 6.54 Å². The van der Waals surface area contributed by atoms with Crippen molar-refractivity contribution in [1.82, 2.24) is 14.8 Å². The summed E-state index contributed by atoms with van der Waals surface area (Å²) in [4.78, 5) is 14.2. The van der Waals surface area contributed by atoms with Crippen molar-refractivity contribution >= 4 is 0 Å². The first-order valence-electron chi connectivity index (χ1n) is 4.88. The molecule has 4 N–H and O–H groups in total. The highest BCUT2D eigenvalue weighted by atomic mass is 16.3. The molecular formula is C10H12N4O2. The Kier molecular flexibility index (Phi) is 2.74. The first-order valence-corrected chi connectivity index (χ1v) is 4.88. The third kappa shape index (κ3) is 1.96. The highest BCUT2D eigenvalue weighted by molar-refractivity contribution is 5.35. The number of hydrogen-bond donors (Lipinski definition) is 3. The fourth-order valence-electron chi connectivity index (χ4n) is 1.39. The number of nitrogens with zero attached hydrogens (tertiary/aromatic N) is 2. The second kappa shape index (κ2) is 4.19. The van der Waals surface area contributed by atoms with Gasteiger partial charge in [0.05, 0.1) is 5.69 Å². The van der Waals surface area contributed by atoms with E-state index in [9.17, 15) is 4.79 Å². The molecule has 1 aromatic carbocycles. The van der Waals surface area contributed by atoms with Crippen LogP contribution in [0, 0.1) is 0 Å². The van der Waals surface area contributed by atoms with Crippen molar-refractivity contribution in [2.24, 2.45) is 5.73 Å². The van der Waals surface area contributed by atoms with Crippen LogP contribution in [0.4, 0.5) is 0 Å². The standard InChI is InChI=1S/C10H12N4O2/c11-6-5-9-12-10(16)14(13-9)7-1-3-8(15)4-2-7/h1-4,15H,5-6,11H2,(H,12,13,16). The number of nitrogens with one attached hydrogen (secondary N) is 1. The zero-order chi connectivity index (χ0) is 11.5. The molecule has 2 aromatic rings. The third-order valence-corrected chi connectivity index (χ3v) is 2.14. The minimum atomic E-state index is -0.311. The first-order chi connectivity index (χ1) is 7.70. The first kappa shape index (κ1) is 10.4. The van der Waals surface area contributed by atoms with Gasteiger partial charge >= 0.3 is 5.69 Å². The average molecular weight is 220 g/mol. The fraction of sp³-hybridized carbons (Fsp3) is 0.200. The Morgan fingerprint density at radius 2 is 2.06 bits per heavy atom. The number of aromatic amines is 1. The maximum atomic E-state index is 11.5. The highest BCUT2D eigenvalue weighted by Gasteiger charge is 2.06. The molecule has 0 aliphatic rings. The van der Waals surface area contributed by atoms with Crippen LogP contribution in [0.1, 0.15) is 5.82 Å². The van der Waals surface area contributed by atoms with Crippen molar-refractivity contribution in [3.05, 3.63) is 40.6 Å². The van der Waals surface area contributed by atoms with Crippen LogP contribution in [-0.4, -0.2) is 26.4 Å². The predicted octanol–water partition coefficient (Wildman–Crippen LogP) is -0.233. The van der Waals surface area contributed by atoms with Crippen LogP contribution in [0.15, 0.2) is 29.1 Å². The maximum Gasteiger partial charge on any atom is 0.348 e. The summed E-state index contributed by atoms with van der Waals surface area (Å²) in [5.41, 5.74) is 5.66. The predicted molar refractivity (Wildman–Crippen MR) is 58.6 cm³/mol. The van der Waals surface area contributed by atoms with Gasteiger partial charge in [-0.05, 0) is 30.8 Å². The van der Waals surface area contributed by atoms with Crippen molar-refractivity contribution in [2.45, 2.75) is 6.42 Å². The molecule has 16 heavy (non-hydrogen) atoms. The second-order valence-electron chi connectivity index (χ2n) is 3.34. The summed E-state index contributed by atoms with van der Waals surface area (Å²) in [7, 11) is 0. The van der Waals surface area contributed by atoms with Crippen LogP contribution < -0.4 is 11.4 Å². The Bertz CT molecular complexity index is 526. The van der Waals surface area contributed by atoms with Crippen LogP contribution in [0.2, 0.25) is 0 Å². The number of benzene rings is 1. The number of nitrogens with two attached hydrogens (primary N) is 1. The van der Waals surface area contributed by atoms with Gasteiger partial charge in [-0.3, -0.25) is 4.98 Å². The van der Waals surface area contributed by atoms with E-state index in [0.717, 1.165) is 0 Å². The summed E-state index contributed by atoms with van der Waals surface area (Å²) < 4.78 is 1.24. The second-order valence-corrected chi connectivity index (χ2v) is 3.34. The van der Waals surface area contributed by atoms with E-state index in [1.54, 1.807) is 12.1 Å². The van der Waals surface area contributed by atoms with Crippen LogP contribution in [0.3, 0.4) is 0 Å². The van der Waals surface area contributed by atoms with Gasteiger partial charge in [0.2, 0.25) is 0 Å². The number of rotatable bonds is 3. The number of phenolic OH excluding ortho intramolecular Hbond substituents is 1. The molecule has 2 rings (SSSR count). The molecule has 0 unspecified atom stereocenters. The average Bonchev–Trinajstić information content (AvgIpc) is 2.61. The van der Waals surface area contributed by atoms with Gasteiger partial charge < -0.3 is 10.8 Å². The van der Waals surface area contributed by atoms with E-state index in [0.29, 0.717) is 24.5 Å². The Morgan fingerprint density at radius 3 is 2.69 bits per heavy atom. The van der Waals surface area contributed by atoms with Gasteiger partial charge in [0, 0.05) is 6.42 Å². The number of aromatic nitrogens is 3. The quantitative estimate of drug-likeness (QED) is 0.665. The maximum absolute atomic E-state index is 11.5. The molecule has 0 radical (unpaired) electrons. The minimum absolute atomic E-state index is 0.148. The molecule has 0 saturated heterocycles.